The van der Waals surface area contributed by atoms with Gasteiger partial charge in [0, 0.05) is 0 Å². The number of nitrogens with zero attached hydrogens (tertiary/aromatic N) is 2. The Kier molecular flexibility index (Phi) is 10.5. The minimum absolute atomic E-state index is 0.137. The Balaban J connectivity index is 1.55. The number of esters is 1. The van der Waals surface area contributed by atoms with E-state index in [1.165, 1.54) is 24.5 Å². The van der Waals surface area contributed by atoms with E-state index in [-0.39, 0.29) is 23.8 Å². The van der Waals surface area contributed by atoms with Crippen molar-refractivity contribution in [2.75, 3.05) is 13.7 Å². The molecule has 1 aliphatic heterocycles. The highest BCUT2D eigenvalue weighted by atomic mass is 127. The van der Waals surface area contributed by atoms with Crippen molar-refractivity contribution in [3.63, 3.8) is 0 Å². The van der Waals surface area contributed by atoms with Gasteiger partial charge in [-0.2, -0.15) is 0 Å². The molecular formula is C35H33IN2O8S. The largest absolute Gasteiger partial charge is 0.494 e. The maximum atomic E-state index is 14.1. The van der Waals surface area contributed by atoms with Gasteiger partial charge in [0.15, 0.2) is 16.3 Å². The van der Waals surface area contributed by atoms with Gasteiger partial charge in [0.05, 0.1) is 50.8 Å². The molecule has 1 aromatic heterocycles. The van der Waals surface area contributed by atoms with Gasteiger partial charge in [0.1, 0.15) is 12.4 Å². The summed E-state index contributed by atoms with van der Waals surface area (Å²) in [4.78, 5) is 44.0. The first-order valence-electron chi connectivity index (χ1n) is 14.8. The molecule has 4 aromatic rings. The van der Waals surface area contributed by atoms with Crippen molar-refractivity contribution < 1.29 is 33.6 Å². The Morgan fingerprint density at radius 2 is 1.85 bits per heavy atom. The number of carbonyl (C=O) groups is 2. The molecule has 1 atom stereocenters. The molecule has 0 saturated carbocycles. The first kappa shape index (κ1) is 33.9. The second-order valence-corrected chi connectivity index (χ2v) is 13.0. The molecule has 12 heteroatoms. The lowest BCUT2D eigenvalue weighted by Gasteiger charge is -2.25. The summed E-state index contributed by atoms with van der Waals surface area (Å²) < 4.78 is 25.6. The zero-order valence-electron chi connectivity index (χ0n) is 26.4. The molecule has 47 heavy (non-hydrogen) atoms. The maximum absolute atomic E-state index is 14.1. The fraction of sp³-hybridized carbons (Fsp3) is 0.257. The summed E-state index contributed by atoms with van der Waals surface area (Å²) in [5, 5.41) is 9.31. The summed E-state index contributed by atoms with van der Waals surface area (Å²) in [5.74, 6) is 0.0831. The van der Waals surface area contributed by atoms with Crippen molar-refractivity contribution >= 4 is 51.9 Å². The summed E-state index contributed by atoms with van der Waals surface area (Å²) in [7, 11) is 1.53. The molecule has 1 aliphatic rings. The van der Waals surface area contributed by atoms with E-state index in [4.69, 9.17) is 18.9 Å². The molecule has 0 saturated heterocycles. The van der Waals surface area contributed by atoms with E-state index in [1.807, 2.05) is 37.3 Å². The van der Waals surface area contributed by atoms with Crippen molar-refractivity contribution in [2.45, 2.75) is 46.4 Å². The Labute approximate surface area is 288 Å². The third-order valence-electron chi connectivity index (χ3n) is 7.20. The van der Waals surface area contributed by atoms with Gasteiger partial charge in [-0.3, -0.25) is 9.36 Å². The number of fused-ring (bicyclic) bond motifs is 1. The number of hydrogen-bond acceptors (Lipinski definition) is 9. The van der Waals surface area contributed by atoms with Crippen LogP contribution in [0.25, 0.3) is 6.08 Å². The van der Waals surface area contributed by atoms with Crippen LogP contribution in [0.4, 0.5) is 0 Å². The number of methoxy groups -OCH3 is 1. The average Bonchev–Trinajstić information content (AvgIpc) is 3.33. The van der Waals surface area contributed by atoms with Gasteiger partial charge in [-0.1, -0.05) is 35.6 Å². The number of hydrogen-bond donors (Lipinski definition) is 1. The fourth-order valence-electron chi connectivity index (χ4n) is 5.15. The van der Waals surface area contributed by atoms with Crippen LogP contribution >= 0.6 is 33.9 Å². The zero-order valence-corrected chi connectivity index (χ0v) is 29.4. The van der Waals surface area contributed by atoms with Crippen LogP contribution in [0, 0.1) is 3.57 Å². The van der Waals surface area contributed by atoms with E-state index in [0.717, 1.165) is 9.13 Å². The lowest BCUT2D eigenvalue weighted by atomic mass is 9.96. The number of thiazole rings is 1. The molecule has 0 fully saturated rings. The molecule has 0 spiro atoms. The van der Waals surface area contributed by atoms with E-state index in [1.54, 1.807) is 55.7 Å². The van der Waals surface area contributed by atoms with Crippen LogP contribution in [0.2, 0.25) is 0 Å². The van der Waals surface area contributed by atoms with E-state index >= 15 is 0 Å². The molecule has 10 nitrogen and oxygen atoms in total. The minimum atomic E-state index is -1.01. The first-order valence-corrected chi connectivity index (χ1v) is 16.7. The highest BCUT2D eigenvalue weighted by Crippen LogP contribution is 2.35. The maximum Gasteiger partial charge on any atom is 0.338 e. The monoisotopic (exact) mass is 768 g/mol. The molecule has 5 rings (SSSR count). The number of ether oxygens (including phenoxy) is 4. The van der Waals surface area contributed by atoms with Crippen LogP contribution in [0.3, 0.4) is 0 Å². The Bertz CT molecular complexity index is 2050. The van der Waals surface area contributed by atoms with Crippen molar-refractivity contribution in [1.29, 1.82) is 0 Å². The normalized spacial score (nSPS) is 14.4. The van der Waals surface area contributed by atoms with Gasteiger partial charge in [-0.15, -0.1) is 0 Å². The topological polar surface area (TPSA) is 126 Å². The molecule has 0 radical (unpaired) electrons. The lowest BCUT2D eigenvalue weighted by molar-refractivity contribution is -0.143. The number of benzene rings is 3. The number of rotatable bonds is 11. The minimum Gasteiger partial charge on any atom is -0.494 e. The number of carboxylic acid groups (broad SMARTS) is 1. The predicted octanol–water partition coefficient (Wildman–Crippen LogP) is 5.48. The molecule has 1 N–H and O–H groups in total. The van der Waals surface area contributed by atoms with E-state index in [9.17, 15) is 19.5 Å². The number of allylic oxidation sites excluding steroid dienone is 1. The average molecular weight is 769 g/mol. The SMILES string of the molecule is CCOc1ccc([C@@H]2C(C(=O)OC(C)C)=C(C)N=c3s/c(=C/c4cc(I)c(OCc5cccc(C(=O)O)c5)c(OC)c4)c(=O)n32)cc1. The number of aromatic nitrogens is 1. The highest BCUT2D eigenvalue weighted by molar-refractivity contribution is 14.1. The number of aromatic carboxylic acids is 1. The van der Waals surface area contributed by atoms with E-state index in [2.05, 4.69) is 27.6 Å². The van der Waals surface area contributed by atoms with Crippen molar-refractivity contribution in [1.82, 2.24) is 4.57 Å². The molecular weight excluding hydrogens is 735 g/mol. The van der Waals surface area contributed by atoms with Gasteiger partial charge >= 0.3 is 11.9 Å². The smallest absolute Gasteiger partial charge is 0.338 e. The van der Waals surface area contributed by atoms with Gasteiger partial charge in [0.2, 0.25) is 0 Å². The van der Waals surface area contributed by atoms with Crippen molar-refractivity contribution in [3.05, 3.63) is 117 Å². The fourth-order valence-corrected chi connectivity index (χ4v) is 6.98. The summed E-state index contributed by atoms with van der Waals surface area (Å²) in [5.41, 5.74) is 2.77. The number of carboxylic acids is 1. The Hall–Kier alpha value is -4.43. The molecule has 0 bridgehead atoms. The van der Waals surface area contributed by atoms with E-state index < -0.39 is 18.0 Å². The molecule has 2 heterocycles. The summed E-state index contributed by atoms with van der Waals surface area (Å²) in [6.45, 7) is 7.85. The van der Waals surface area contributed by atoms with Gasteiger partial charge < -0.3 is 24.1 Å². The first-order chi connectivity index (χ1) is 22.5. The quantitative estimate of drug-likeness (QED) is 0.157. The molecule has 3 aromatic carbocycles. The number of carbonyl (C=O) groups excluding carboxylic acids is 1. The van der Waals surface area contributed by atoms with Crippen LogP contribution in [-0.4, -0.2) is 41.4 Å². The molecule has 244 valence electrons. The van der Waals surface area contributed by atoms with Gasteiger partial charge in [0.25, 0.3) is 5.56 Å². The third kappa shape index (κ3) is 7.43. The van der Waals surface area contributed by atoms with Crippen LogP contribution in [-0.2, 0) is 16.1 Å². The molecule has 0 unspecified atom stereocenters. The predicted molar refractivity (Wildman–Crippen MR) is 186 cm³/mol. The summed E-state index contributed by atoms with van der Waals surface area (Å²) >= 11 is 3.37. The van der Waals surface area contributed by atoms with Crippen LogP contribution in [0.1, 0.15) is 60.8 Å². The van der Waals surface area contributed by atoms with E-state index in [0.29, 0.717) is 55.6 Å². The van der Waals surface area contributed by atoms with Gasteiger partial charge in [-0.05, 0) is 109 Å². The highest BCUT2D eigenvalue weighted by Gasteiger charge is 2.34. The Morgan fingerprint density at radius 1 is 1.11 bits per heavy atom. The van der Waals surface area contributed by atoms with Crippen molar-refractivity contribution in [3.8, 4) is 17.2 Å². The summed E-state index contributed by atoms with van der Waals surface area (Å²) in [6, 6.07) is 16.7. The summed E-state index contributed by atoms with van der Waals surface area (Å²) in [6.07, 6.45) is 1.41. The molecule has 0 aliphatic carbocycles. The van der Waals surface area contributed by atoms with Crippen molar-refractivity contribution in [2.24, 2.45) is 4.99 Å². The third-order valence-corrected chi connectivity index (χ3v) is 8.98. The van der Waals surface area contributed by atoms with Crippen LogP contribution in [0.15, 0.2) is 81.7 Å². The number of halogens is 1. The molecule has 0 amide bonds. The lowest BCUT2D eigenvalue weighted by Crippen LogP contribution is -2.40. The second-order valence-electron chi connectivity index (χ2n) is 10.9. The standard InChI is InChI=1S/C35H33IN2O8S/c1-6-44-25-12-10-23(11-13-25)30-29(34(42)46-19(2)3)20(4)37-35-38(30)32(39)28(47-35)17-22-15-26(36)31(27(16-22)43-5)45-18-21-8-7-9-24(14-21)33(40)41/h7-17,19,30H,6,18H2,1-5H3,(H,40,41)/b28-17+/t30-/m1/s1. The van der Waals surface area contributed by atoms with Crippen LogP contribution in [0.5, 0.6) is 17.2 Å². The zero-order chi connectivity index (χ0) is 33.8. The van der Waals surface area contributed by atoms with Gasteiger partial charge in [-0.25, -0.2) is 14.6 Å². The van der Waals surface area contributed by atoms with Crippen LogP contribution < -0.4 is 29.1 Å². The second kappa shape index (κ2) is 14.6. The Morgan fingerprint density at radius 3 is 2.51 bits per heavy atom.